The molecule has 1 N–H and O–H groups in total. The normalized spacial score (nSPS) is 15.2. The van der Waals surface area contributed by atoms with E-state index >= 15 is 0 Å². The summed E-state index contributed by atoms with van der Waals surface area (Å²) in [7, 11) is 4.08. The Hall–Kier alpha value is -2.40. The Morgan fingerprint density at radius 2 is 1.89 bits per heavy atom. The van der Waals surface area contributed by atoms with E-state index in [0.717, 1.165) is 25.2 Å². The van der Waals surface area contributed by atoms with Crippen molar-refractivity contribution in [2.24, 2.45) is 0 Å². The SMILES string of the molecule is CCc1ccc(C(CNC(=O)c2cc(N3CCCC3)ccn2)N(C)C)cc1. The van der Waals surface area contributed by atoms with Crippen molar-refractivity contribution in [2.75, 3.05) is 38.6 Å². The lowest BCUT2D eigenvalue weighted by Gasteiger charge is -2.25. The number of nitrogens with zero attached hydrogens (tertiary/aromatic N) is 3. The van der Waals surface area contributed by atoms with Crippen molar-refractivity contribution < 1.29 is 4.79 Å². The summed E-state index contributed by atoms with van der Waals surface area (Å²) < 4.78 is 0. The quantitative estimate of drug-likeness (QED) is 0.817. The molecule has 1 aliphatic rings. The van der Waals surface area contributed by atoms with E-state index in [1.165, 1.54) is 24.0 Å². The Labute approximate surface area is 162 Å². The average molecular weight is 367 g/mol. The molecule has 1 aromatic carbocycles. The molecule has 1 saturated heterocycles. The van der Waals surface area contributed by atoms with E-state index in [0.29, 0.717) is 12.2 Å². The fraction of sp³-hybridized carbons (Fsp3) is 0.455. The van der Waals surface area contributed by atoms with Gasteiger partial charge in [0, 0.05) is 31.5 Å². The van der Waals surface area contributed by atoms with Gasteiger partial charge in [-0.3, -0.25) is 9.78 Å². The van der Waals surface area contributed by atoms with Gasteiger partial charge in [-0.15, -0.1) is 0 Å². The molecular formula is C22H30N4O. The lowest BCUT2D eigenvalue weighted by Crippen LogP contribution is -2.35. The van der Waals surface area contributed by atoms with E-state index < -0.39 is 0 Å². The van der Waals surface area contributed by atoms with E-state index in [2.05, 4.69) is 51.3 Å². The van der Waals surface area contributed by atoms with Gasteiger partial charge in [-0.05, 0) is 56.6 Å². The van der Waals surface area contributed by atoms with E-state index in [-0.39, 0.29) is 11.9 Å². The van der Waals surface area contributed by atoms with Crippen LogP contribution in [0, 0.1) is 0 Å². The number of aromatic nitrogens is 1. The van der Waals surface area contributed by atoms with Gasteiger partial charge in [0.25, 0.3) is 5.91 Å². The van der Waals surface area contributed by atoms with E-state index in [1.54, 1.807) is 6.20 Å². The molecule has 27 heavy (non-hydrogen) atoms. The van der Waals surface area contributed by atoms with Crippen molar-refractivity contribution >= 4 is 11.6 Å². The van der Waals surface area contributed by atoms with Crippen LogP contribution in [-0.2, 0) is 6.42 Å². The summed E-state index contributed by atoms with van der Waals surface area (Å²) in [6.07, 6.45) is 5.19. The van der Waals surface area contributed by atoms with Crippen LogP contribution in [-0.4, -0.2) is 49.5 Å². The van der Waals surface area contributed by atoms with Crippen LogP contribution in [0.25, 0.3) is 0 Å². The molecule has 1 fully saturated rings. The van der Waals surface area contributed by atoms with Gasteiger partial charge in [0.15, 0.2) is 0 Å². The van der Waals surface area contributed by atoms with Crippen molar-refractivity contribution in [1.82, 2.24) is 15.2 Å². The summed E-state index contributed by atoms with van der Waals surface area (Å²) in [4.78, 5) is 21.4. The zero-order chi connectivity index (χ0) is 19.2. The lowest BCUT2D eigenvalue weighted by molar-refractivity contribution is 0.0937. The van der Waals surface area contributed by atoms with Gasteiger partial charge < -0.3 is 15.1 Å². The summed E-state index contributed by atoms with van der Waals surface area (Å²) in [5.41, 5.74) is 4.10. The molecule has 0 bridgehead atoms. The number of benzene rings is 1. The van der Waals surface area contributed by atoms with Crippen LogP contribution in [0.15, 0.2) is 42.6 Å². The first-order valence-corrected chi connectivity index (χ1v) is 9.83. The largest absolute Gasteiger partial charge is 0.371 e. The Balaban J connectivity index is 1.66. The second kappa shape index (κ2) is 9.00. The number of amides is 1. The first kappa shape index (κ1) is 19.4. The molecule has 0 radical (unpaired) electrons. The van der Waals surface area contributed by atoms with Gasteiger partial charge >= 0.3 is 0 Å². The van der Waals surface area contributed by atoms with Crippen LogP contribution >= 0.6 is 0 Å². The molecule has 1 unspecified atom stereocenters. The maximum atomic E-state index is 12.7. The van der Waals surface area contributed by atoms with Crippen LogP contribution < -0.4 is 10.2 Å². The van der Waals surface area contributed by atoms with Gasteiger partial charge in [0.1, 0.15) is 5.69 Å². The lowest BCUT2D eigenvalue weighted by atomic mass is 10.0. The molecule has 5 nitrogen and oxygen atoms in total. The highest BCUT2D eigenvalue weighted by atomic mass is 16.1. The number of hydrogen-bond donors (Lipinski definition) is 1. The third-order valence-electron chi connectivity index (χ3n) is 5.30. The number of carbonyl (C=O) groups is 1. The van der Waals surface area contributed by atoms with E-state index in [4.69, 9.17) is 0 Å². The maximum Gasteiger partial charge on any atom is 0.270 e. The minimum absolute atomic E-state index is 0.118. The van der Waals surface area contributed by atoms with Crippen molar-refractivity contribution in [3.05, 3.63) is 59.4 Å². The predicted molar refractivity (Wildman–Crippen MR) is 110 cm³/mol. The Bertz CT molecular complexity index is 751. The zero-order valence-electron chi connectivity index (χ0n) is 16.6. The fourth-order valence-corrected chi connectivity index (χ4v) is 3.57. The Kier molecular flexibility index (Phi) is 6.45. The van der Waals surface area contributed by atoms with E-state index in [9.17, 15) is 4.79 Å². The number of hydrogen-bond acceptors (Lipinski definition) is 4. The first-order valence-electron chi connectivity index (χ1n) is 9.83. The molecule has 0 aliphatic carbocycles. The number of nitrogens with one attached hydrogen (secondary N) is 1. The van der Waals surface area contributed by atoms with Crippen LogP contribution in [0.4, 0.5) is 5.69 Å². The third-order valence-corrected chi connectivity index (χ3v) is 5.30. The molecule has 0 spiro atoms. The standard InChI is InChI=1S/C22H30N4O/c1-4-17-7-9-18(10-8-17)21(25(2)3)16-24-22(27)20-15-19(11-12-23-20)26-13-5-6-14-26/h7-12,15,21H,4-6,13-14,16H2,1-3H3,(H,24,27). The van der Waals surface area contributed by atoms with E-state index in [1.807, 2.05) is 26.2 Å². The summed E-state index contributed by atoms with van der Waals surface area (Å²) in [6, 6.07) is 12.6. The maximum absolute atomic E-state index is 12.7. The topological polar surface area (TPSA) is 48.5 Å². The molecule has 3 rings (SSSR count). The number of carbonyl (C=O) groups excluding carboxylic acids is 1. The minimum Gasteiger partial charge on any atom is -0.371 e. The van der Waals surface area contributed by atoms with Crippen LogP contribution in [0.5, 0.6) is 0 Å². The average Bonchev–Trinajstić information content (AvgIpc) is 3.23. The van der Waals surface area contributed by atoms with Crippen molar-refractivity contribution in [3.8, 4) is 0 Å². The van der Waals surface area contributed by atoms with Crippen LogP contribution in [0.2, 0.25) is 0 Å². The Morgan fingerprint density at radius 1 is 1.19 bits per heavy atom. The Morgan fingerprint density at radius 3 is 2.52 bits per heavy atom. The van der Waals surface area contributed by atoms with Crippen molar-refractivity contribution in [2.45, 2.75) is 32.2 Å². The molecular weight excluding hydrogens is 336 g/mol. The molecule has 144 valence electrons. The molecule has 1 amide bonds. The van der Waals surface area contributed by atoms with Crippen LogP contribution in [0.1, 0.15) is 47.4 Å². The van der Waals surface area contributed by atoms with Crippen molar-refractivity contribution in [3.63, 3.8) is 0 Å². The summed E-state index contributed by atoms with van der Waals surface area (Å²) in [5.74, 6) is -0.118. The second-order valence-corrected chi connectivity index (χ2v) is 7.38. The fourth-order valence-electron chi connectivity index (χ4n) is 3.57. The highest BCUT2D eigenvalue weighted by Gasteiger charge is 2.18. The molecule has 0 saturated carbocycles. The number of rotatable bonds is 7. The monoisotopic (exact) mass is 366 g/mol. The summed E-state index contributed by atoms with van der Waals surface area (Å²) in [5, 5.41) is 3.06. The highest BCUT2D eigenvalue weighted by Crippen LogP contribution is 2.21. The zero-order valence-corrected chi connectivity index (χ0v) is 16.6. The van der Waals surface area contributed by atoms with Gasteiger partial charge in [0.2, 0.25) is 0 Å². The van der Waals surface area contributed by atoms with Gasteiger partial charge in [-0.25, -0.2) is 0 Å². The highest BCUT2D eigenvalue weighted by molar-refractivity contribution is 5.93. The summed E-state index contributed by atoms with van der Waals surface area (Å²) >= 11 is 0. The molecule has 1 aliphatic heterocycles. The predicted octanol–water partition coefficient (Wildman–Crippen LogP) is 3.28. The van der Waals surface area contributed by atoms with Gasteiger partial charge in [-0.2, -0.15) is 0 Å². The number of anilines is 1. The number of pyridine rings is 1. The minimum atomic E-state index is -0.118. The number of aryl methyl sites for hydroxylation is 1. The smallest absolute Gasteiger partial charge is 0.270 e. The molecule has 1 atom stereocenters. The second-order valence-electron chi connectivity index (χ2n) is 7.38. The van der Waals surface area contributed by atoms with Crippen LogP contribution in [0.3, 0.4) is 0 Å². The molecule has 2 heterocycles. The van der Waals surface area contributed by atoms with Gasteiger partial charge in [0.05, 0.1) is 6.04 Å². The van der Waals surface area contributed by atoms with Crippen molar-refractivity contribution in [1.29, 1.82) is 0 Å². The molecule has 1 aromatic heterocycles. The molecule has 2 aromatic rings. The molecule has 5 heteroatoms. The number of likely N-dealkylation sites (N-methyl/N-ethyl adjacent to an activating group) is 1. The third kappa shape index (κ3) is 4.86. The summed E-state index contributed by atoms with van der Waals surface area (Å²) in [6.45, 7) is 4.82. The van der Waals surface area contributed by atoms with Gasteiger partial charge in [-0.1, -0.05) is 31.2 Å². The first-order chi connectivity index (χ1) is 13.1.